The van der Waals surface area contributed by atoms with Crippen molar-refractivity contribution in [2.75, 3.05) is 52.9 Å². The predicted octanol–water partition coefficient (Wildman–Crippen LogP) is -18.0. The fraction of sp³-hybridized carbons (Fsp3) is 0.944. The molecule has 8 aliphatic rings. The van der Waals surface area contributed by atoms with E-state index in [1.54, 1.807) is 0 Å². The molecule has 0 spiro atoms. The van der Waals surface area contributed by atoms with E-state index in [4.69, 9.17) is 71.1 Å². The van der Waals surface area contributed by atoms with Crippen molar-refractivity contribution in [1.29, 1.82) is 0 Å². The first kappa shape index (κ1) is 80.6. The predicted molar refractivity (Wildman–Crippen MR) is 299 cm³/mol. The molecule has 8 rings (SSSR count). The van der Waals surface area contributed by atoms with Crippen molar-refractivity contribution in [3.8, 4) is 0 Å². The summed E-state index contributed by atoms with van der Waals surface area (Å²) in [7, 11) is 0. The monoisotopic (exact) mass is 1440 g/mol. The zero-order chi connectivity index (χ0) is 72.2. The Bertz CT molecular complexity index is 2510. The van der Waals surface area contributed by atoms with E-state index in [1.807, 2.05) is 0 Å². The molecule has 44 heteroatoms. The van der Waals surface area contributed by atoms with Gasteiger partial charge in [-0.05, 0) is 0 Å². The largest absolute Gasteiger partial charge is 0.394 e. The minimum atomic E-state index is -2.46. The Labute approximate surface area is 554 Å². The lowest BCUT2D eigenvalue weighted by Crippen LogP contribution is -2.70. The van der Waals surface area contributed by atoms with Crippen molar-refractivity contribution >= 4 is 17.7 Å². The van der Waals surface area contributed by atoms with Crippen LogP contribution in [-0.2, 0) is 85.4 Å². The Hall–Kier alpha value is -3.11. The fourth-order valence-corrected chi connectivity index (χ4v) is 12.5. The van der Waals surface area contributed by atoms with Crippen LogP contribution in [0.25, 0.3) is 0 Å². The lowest BCUT2D eigenvalue weighted by molar-refractivity contribution is -0.391. The Balaban J connectivity index is 1.10. The average molecular weight is 1440 g/mol. The standard InChI is InChI=1S/C54H91N3O41/c1-12(64)55-23-32(73)42(18(7-61)86-47(23)83)94-49-25(57-14(3)66)33(74)43(19(8-62)90-49)96-54-41(82)46(98-53-39(80)36(77)44(20(9-63)91-53)95-48-24(56-13(2)65)31(72)26(67)15(4-58)87-48)30(71)22(93-54)11-85-51-40(81)45(97-52-38(79)35(76)28(69)17(6-60)89-52)29(70)21(92-51)10-84-50-37(78)34(75)27(68)16(5-59)88-50/h15-54,58-63,67-83H,4-11H2,1-3H3,(H,55,64)(H,56,65)(H,57,66)/t15-,16-,17-,18-,19-,20-,21-,22-,23-,24-,25-,26-,27-,28-,29-,30-,31-,32-,33-,34+,35+,36-,37+,38+,39+,40+,41+,42-,43-,44-,45+,46+,47?,48?,49+,50+,51+,52-,53-,54+/m1/s1. The number of nitrogens with one attached hydrogen (secondary N) is 3. The molecule has 0 aromatic carbocycles. The van der Waals surface area contributed by atoms with Crippen LogP contribution in [0.5, 0.6) is 0 Å². The summed E-state index contributed by atoms with van der Waals surface area (Å²) >= 11 is 0. The number of hydrogen-bond acceptors (Lipinski definition) is 41. The van der Waals surface area contributed by atoms with Crippen LogP contribution in [0.3, 0.4) is 0 Å². The van der Waals surface area contributed by atoms with Crippen molar-refractivity contribution < 1.29 is 203 Å². The van der Waals surface area contributed by atoms with Crippen molar-refractivity contribution in [1.82, 2.24) is 16.0 Å². The van der Waals surface area contributed by atoms with Crippen LogP contribution in [0.4, 0.5) is 0 Å². The summed E-state index contributed by atoms with van der Waals surface area (Å²) in [6, 6.07) is -5.12. The van der Waals surface area contributed by atoms with Crippen molar-refractivity contribution in [2.24, 2.45) is 0 Å². The molecule has 0 aromatic heterocycles. The quantitative estimate of drug-likeness (QED) is 0.0404. The number of carbonyl (C=O) groups is 3. The normalized spacial score (nSPS) is 49.5. The third-order valence-electron chi connectivity index (χ3n) is 17.8. The number of hydrogen-bond donors (Lipinski definition) is 26. The van der Waals surface area contributed by atoms with E-state index in [0.717, 1.165) is 20.8 Å². The van der Waals surface area contributed by atoms with Gasteiger partial charge < -0.3 is 204 Å². The molecule has 44 nitrogen and oxygen atoms in total. The molecular weight excluding hydrogens is 1350 g/mol. The van der Waals surface area contributed by atoms with Crippen LogP contribution < -0.4 is 16.0 Å². The van der Waals surface area contributed by atoms with Crippen molar-refractivity contribution in [3.05, 3.63) is 0 Å². The highest BCUT2D eigenvalue weighted by molar-refractivity contribution is 5.74. The van der Waals surface area contributed by atoms with Crippen LogP contribution in [0.2, 0.25) is 0 Å². The van der Waals surface area contributed by atoms with Gasteiger partial charge in [0, 0.05) is 20.8 Å². The number of aliphatic hydroxyl groups excluding tert-OH is 23. The maximum atomic E-state index is 12.8. The molecule has 8 aliphatic heterocycles. The van der Waals surface area contributed by atoms with Gasteiger partial charge in [0.25, 0.3) is 0 Å². The van der Waals surface area contributed by atoms with E-state index in [0.29, 0.717) is 0 Å². The SMILES string of the molecule is CC(=O)N[C@H]1[C@H](O[C@H]2[C@H](O)[C@@H](NC(C)=O)C(O)O[C@@H]2CO)O[C@H](CO)[C@@H](O[C@@H]2O[C@H](CO[C@H]3O[C@H](CO[C@H]4O[C@H](CO)[C@@H](O)[C@H](O)[C@@H]4O)[C@@H](O)[C@H](O[C@H]4O[C@H](CO)[C@@H](O)[C@H](O)[C@@H]4O)[C@@H]3O)[C@@H](O)[C@H](O[C@H]3O[C@H](CO)[C@@H](OC4O[C@H](CO)[C@@H](O)[C@H](O)[C@H]4NC(C)=O)[C@H](O)[C@@H]3O)[C@@H]2O)[C@@H]1O. The van der Waals surface area contributed by atoms with E-state index in [2.05, 4.69) is 16.0 Å². The smallest absolute Gasteiger partial charge is 0.217 e. The van der Waals surface area contributed by atoms with Gasteiger partial charge in [-0.15, -0.1) is 0 Å². The minimum absolute atomic E-state index is 0.764. The second-order valence-electron chi connectivity index (χ2n) is 24.7. The second-order valence-corrected chi connectivity index (χ2v) is 24.7. The first-order valence-corrected chi connectivity index (χ1v) is 31.1. The van der Waals surface area contributed by atoms with E-state index in [1.165, 1.54) is 0 Å². The minimum Gasteiger partial charge on any atom is -0.394 e. The zero-order valence-electron chi connectivity index (χ0n) is 52.4. The maximum absolute atomic E-state index is 12.8. The molecule has 3 amide bonds. The van der Waals surface area contributed by atoms with Gasteiger partial charge in [0.15, 0.2) is 50.3 Å². The van der Waals surface area contributed by atoms with Gasteiger partial charge in [-0.1, -0.05) is 0 Å². The molecule has 0 aromatic rings. The van der Waals surface area contributed by atoms with Crippen LogP contribution >= 0.6 is 0 Å². The highest BCUT2D eigenvalue weighted by Gasteiger charge is 2.59. The highest BCUT2D eigenvalue weighted by atomic mass is 16.8. The lowest BCUT2D eigenvalue weighted by Gasteiger charge is -2.50. The summed E-state index contributed by atoms with van der Waals surface area (Å²) in [6.45, 7) is -5.17. The van der Waals surface area contributed by atoms with Crippen LogP contribution in [-0.4, -0.2) is 433 Å². The summed E-state index contributed by atoms with van der Waals surface area (Å²) in [5.41, 5.74) is 0. The first-order chi connectivity index (χ1) is 46.3. The number of aliphatic hydroxyl groups is 23. The molecule has 8 saturated heterocycles. The Morgan fingerprint density at radius 1 is 0.265 bits per heavy atom. The Morgan fingerprint density at radius 3 is 0.990 bits per heavy atom. The molecular formula is C54H91N3O41. The molecule has 0 aliphatic carbocycles. The number of amides is 3. The van der Waals surface area contributed by atoms with E-state index in [9.17, 15) is 132 Å². The summed E-state index contributed by atoms with van der Waals surface area (Å²) < 4.78 is 86.8. The van der Waals surface area contributed by atoms with E-state index < -0.39 is 316 Å². The van der Waals surface area contributed by atoms with Crippen molar-refractivity contribution in [3.63, 3.8) is 0 Å². The van der Waals surface area contributed by atoms with Gasteiger partial charge in [-0.2, -0.15) is 0 Å². The average Bonchev–Trinajstić information content (AvgIpc) is 0.765. The molecule has 40 atom stereocenters. The van der Waals surface area contributed by atoms with Crippen LogP contribution in [0, 0.1) is 0 Å². The maximum Gasteiger partial charge on any atom is 0.217 e. The number of rotatable bonds is 25. The molecule has 0 saturated carbocycles. The van der Waals surface area contributed by atoms with Gasteiger partial charge in [0.1, 0.15) is 195 Å². The third-order valence-corrected chi connectivity index (χ3v) is 17.8. The number of ether oxygens (including phenoxy) is 15. The van der Waals surface area contributed by atoms with E-state index >= 15 is 0 Å². The second kappa shape index (κ2) is 35.1. The van der Waals surface area contributed by atoms with E-state index in [-0.39, 0.29) is 0 Å². The molecule has 8 heterocycles. The number of carbonyl (C=O) groups excluding carboxylic acids is 3. The summed E-state index contributed by atoms with van der Waals surface area (Å²) in [6.07, 6.45) is -74.8. The summed E-state index contributed by atoms with van der Waals surface area (Å²) in [5.74, 6) is -2.47. The zero-order valence-corrected chi connectivity index (χ0v) is 52.4. The molecule has 568 valence electrons. The summed E-state index contributed by atoms with van der Waals surface area (Å²) in [4.78, 5) is 37.1. The Morgan fingerprint density at radius 2 is 0.541 bits per heavy atom. The topological polar surface area (TPSA) is 691 Å². The lowest BCUT2D eigenvalue weighted by atomic mass is 9.94. The molecule has 2 unspecified atom stereocenters. The third kappa shape index (κ3) is 17.6. The highest BCUT2D eigenvalue weighted by Crippen LogP contribution is 2.38. The van der Waals surface area contributed by atoms with Crippen LogP contribution in [0.15, 0.2) is 0 Å². The van der Waals surface area contributed by atoms with Gasteiger partial charge in [0.05, 0.1) is 52.9 Å². The van der Waals surface area contributed by atoms with Gasteiger partial charge in [0.2, 0.25) is 17.7 Å². The molecule has 26 N–H and O–H groups in total. The summed E-state index contributed by atoms with van der Waals surface area (Å²) in [5, 5.41) is 259. The molecule has 0 radical (unpaired) electrons. The fourth-order valence-electron chi connectivity index (χ4n) is 12.5. The molecule has 0 bridgehead atoms. The molecule has 98 heavy (non-hydrogen) atoms. The van der Waals surface area contributed by atoms with Crippen molar-refractivity contribution in [2.45, 2.75) is 266 Å². The van der Waals surface area contributed by atoms with Gasteiger partial charge in [-0.3, -0.25) is 14.4 Å². The molecule has 8 fully saturated rings. The van der Waals surface area contributed by atoms with Crippen LogP contribution in [0.1, 0.15) is 20.8 Å². The van der Waals surface area contributed by atoms with Gasteiger partial charge in [-0.25, -0.2) is 0 Å². The first-order valence-electron chi connectivity index (χ1n) is 31.1. The van der Waals surface area contributed by atoms with Gasteiger partial charge >= 0.3 is 0 Å². The Kier molecular flexibility index (Phi) is 28.9.